The standard InChI is InChI=1S/C15H19NO3/c1-2-13-11-19-10-9-16(13)14-6-3-12(4-7-14)5-8-15(17)18/h3-8,13H,2,9-11H2,1H3,(H,17,18)/b8-5+. The lowest BCUT2D eigenvalue weighted by Crippen LogP contribution is -2.45. The molecule has 1 saturated heterocycles. The quantitative estimate of drug-likeness (QED) is 0.846. The van der Waals surface area contributed by atoms with Gasteiger partial charge in [0, 0.05) is 18.3 Å². The van der Waals surface area contributed by atoms with Crippen molar-refractivity contribution in [3.8, 4) is 0 Å². The number of carboxylic acids is 1. The molecule has 1 aliphatic heterocycles. The lowest BCUT2D eigenvalue weighted by Gasteiger charge is -2.37. The zero-order valence-electron chi connectivity index (χ0n) is 11.1. The molecule has 0 radical (unpaired) electrons. The Morgan fingerprint density at radius 3 is 2.84 bits per heavy atom. The summed E-state index contributed by atoms with van der Waals surface area (Å²) in [5, 5.41) is 8.59. The molecule has 19 heavy (non-hydrogen) atoms. The van der Waals surface area contributed by atoms with Gasteiger partial charge in [-0.25, -0.2) is 4.79 Å². The lowest BCUT2D eigenvalue weighted by molar-refractivity contribution is -0.131. The molecular weight excluding hydrogens is 242 g/mol. The monoisotopic (exact) mass is 261 g/mol. The molecule has 0 amide bonds. The first-order chi connectivity index (χ1) is 9.20. The van der Waals surface area contributed by atoms with Crippen LogP contribution < -0.4 is 4.90 Å². The first kappa shape index (κ1) is 13.6. The summed E-state index contributed by atoms with van der Waals surface area (Å²) in [6.07, 6.45) is 3.81. The van der Waals surface area contributed by atoms with E-state index in [0.717, 1.165) is 37.8 Å². The van der Waals surface area contributed by atoms with Crippen molar-refractivity contribution in [3.05, 3.63) is 35.9 Å². The molecule has 1 unspecified atom stereocenters. The van der Waals surface area contributed by atoms with Crippen molar-refractivity contribution in [2.45, 2.75) is 19.4 Å². The Hall–Kier alpha value is -1.81. The van der Waals surface area contributed by atoms with Crippen LogP contribution in [0.2, 0.25) is 0 Å². The lowest BCUT2D eigenvalue weighted by atomic mass is 10.1. The average molecular weight is 261 g/mol. The van der Waals surface area contributed by atoms with Gasteiger partial charge in [-0.15, -0.1) is 0 Å². The molecule has 1 N–H and O–H groups in total. The highest BCUT2D eigenvalue weighted by molar-refractivity contribution is 5.85. The highest BCUT2D eigenvalue weighted by Crippen LogP contribution is 2.22. The summed E-state index contributed by atoms with van der Waals surface area (Å²) in [6, 6.07) is 8.38. The predicted octanol–water partition coefficient (Wildman–Crippen LogP) is 2.40. The fraction of sp³-hybridized carbons (Fsp3) is 0.400. The minimum Gasteiger partial charge on any atom is -0.478 e. The highest BCUT2D eigenvalue weighted by atomic mass is 16.5. The van der Waals surface area contributed by atoms with E-state index in [1.165, 1.54) is 5.69 Å². The Labute approximate surface area is 113 Å². The zero-order valence-corrected chi connectivity index (χ0v) is 11.1. The van der Waals surface area contributed by atoms with E-state index in [2.05, 4.69) is 11.8 Å². The predicted molar refractivity (Wildman–Crippen MR) is 75.4 cm³/mol. The first-order valence-electron chi connectivity index (χ1n) is 6.56. The number of hydrogen-bond donors (Lipinski definition) is 1. The van der Waals surface area contributed by atoms with E-state index < -0.39 is 5.97 Å². The van der Waals surface area contributed by atoms with Crippen LogP contribution >= 0.6 is 0 Å². The number of anilines is 1. The molecule has 0 saturated carbocycles. The summed E-state index contributed by atoms with van der Waals surface area (Å²) in [7, 11) is 0. The van der Waals surface area contributed by atoms with Crippen molar-refractivity contribution in [1.29, 1.82) is 0 Å². The third kappa shape index (κ3) is 3.58. The van der Waals surface area contributed by atoms with Gasteiger partial charge >= 0.3 is 5.97 Å². The van der Waals surface area contributed by atoms with E-state index in [0.29, 0.717) is 6.04 Å². The van der Waals surface area contributed by atoms with Crippen LogP contribution in [0.4, 0.5) is 5.69 Å². The molecule has 1 fully saturated rings. The third-order valence-corrected chi connectivity index (χ3v) is 3.34. The maximum Gasteiger partial charge on any atom is 0.328 e. The second kappa shape index (κ2) is 6.38. The van der Waals surface area contributed by atoms with Crippen molar-refractivity contribution in [2.24, 2.45) is 0 Å². The molecule has 0 aromatic heterocycles. The summed E-state index contributed by atoms with van der Waals surface area (Å²) < 4.78 is 5.50. The van der Waals surface area contributed by atoms with Gasteiger partial charge in [-0.2, -0.15) is 0 Å². The minimum atomic E-state index is -0.927. The first-order valence-corrected chi connectivity index (χ1v) is 6.56. The molecule has 1 aromatic carbocycles. The van der Waals surface area contributed by atoms with Gasteiger partial charge in [0.05, 0.1) is 19.3 Å². The van der Waals surface area contributed by atoms with E-state index in [-0.39, 0.29) is 0 Å². The summed E-state index contributed by atoms with van der Waals surface area (Å²) in [6.45, 7) is 4.60. The fourth-order valence-corrected chi connectivity index (χ4v) is 2.28. The molecule has 0 aliphatic carbocycles. The van der Waals surface area contributed by atoms with Crippen LogP contribution in [0.5, 0.6) is 0 Å². The largest absolute Gasteiger partial charge is 0.478 e. The van der Waals surface area contributed by atoms with Gasteiger partial charge in [0.25, 0.3) is 0 Å². The van der Waals surface area contributed by atoms with Crippen LogP contribution in [0, 0.1) is 0 Å². The maximum atomic E-state index is 10.5. The van der Waals surface area contributed by atoms with Crippen LogP contribution in [-0.2, 0) is 9.53 Å². The molecule has 4 nitrogen and oxygen atoms in total. The Kier molecular flexibility index (Phi) is 4.58. The van der Waals surface area contributed by atoms with E-state index >= 15 is 0 Å². The van der Waals surface area contributed by atoms with Crippen LogP contribution in [0.15, 0.2) is 30.3 Å². The van der Waals surface area contributed by atoms with Crippen LogP contribution in [-0.4, -0.2) is 36.9 Å². The summed E-state index contributed by atoms with van der Waals surface area (Å²) in [4.78, 5) is 12.8. The Bertz CT molecular complexity index is 453. The van der Waals surface area contributed by atoms with Crippen molar-refractivity contribution < 1.29 is 14.6 Å². The molecule has 2 rings (SSSR count). The molecule has 102 valence electrons. The molecule has 4 heteroatoms. The van der Waals surface area contributed by atoms with Gasteiger partial charge in [-0.3, -0.25) is 0 Å². The molecule has 1 aromatic rings. The van der Waals surface area contributed by atoms with Crippen LogP contribution in [0.1, 0.15) is 18.9 Å². The second-order valence-electron chi connectivity index (χ2n) is 4.59. The van der Waals surface area contributed by atoms with Gasteiger partial charge in [-0.05, 0) is 30.2 Å². The number of carbonyl (C=O) groups is 1. The molecule has 0 bridgehead atoms. The van der Waals surface area contributed by atoms with Crippen LogP contribution in [0.25, 0.3) is 6.08 Å². The molecule has 1 atom stereocenters. The second-order valence-corrected chi connectivity index (χ2v) is 4.59. The maximum absolute atomic E-state index is 10.5. The van der Waals surface area contributed by atoms with E-state index in [1.807, 2.05) is 24.3 Å². The SMILES string of the molecule is CCC1COCCN1c1ccc(/C=C/C(=O)O)cc1. The molecule has 1 aliphatic rings. The number of rotatable bonds is 4. The smallest absolute Gasteiger partial charge is 0.328 e. The summed E-state index contributed by atoms with van der Waals surface area (Å²) in [5.74, 6) is -0.927. The van der Waals surface area contributed by atoms with Gasteiger partial charge in [0.2, 0.25) is 0 Å². The fourth-order valence-electron chi connectivity index (χ4n) is 2.28. The summed E-state index contributed by atoms with van der Waals surface area (Å²) in [5.41, 5.74) is 2.06. The van der Waals surface area contributed by atoms with E-state index in [1.54, 1.807) is 6.08 Å². The molecule has 0 spiro atoms. The average Bonchev–Trinajstić information content (AvgIpc) is 2.45. The highest BCUT2D eigenvalue weighted by Gasteiger charge is 2.21. The number of ether oxygens (including phenoxy) is 1. The Balaban J connectivity index is 2.10. The van der Waals surface area contributed by atoms with Crippen molar-refractivity contribution >= 4 is 17.7 Å². The minimum absolute atomic E-state index is 0.425. The van der Waals surface area contributed by atoms with Crippen molar-refractivity contribution in [1.82, 2.24) is 0 Å². The number of hydrogen-bond acceptors (Lipinski definition) is 3. The van der Waals surface area contributed by atoms with Gasteiger partial charge < -0.3 is 14.7 Å². The van der Waals surface area contributed by atoms with Crippen molar-refractivity contribution in [2.75, 3.05) is 24.7 Å². The number of morpholine rings is 1. The third-order valence-electron chi connectivity index (χ3n) is 3.34. The molecular formula is C15H19NO3. The van der Waals surface area contributed by atoms with Crippen LogP contribution in [0.3, 0.4) is 0 Å². The van der Waals surface area contributed by atoms with E-state index in [4.69, 9.17) is 9.84 Å². The summed E-state index contributed by atoms with van der Waals surface area (Å²) >= 11 is 0. The number of nitrogens with zero attached hydrogens (tertiary/aromatic N) is 1. The van der Waals surface area contributed by atoms with Gasteiger partial charge in [-0.1, -0.05) is 19.1 Å². The topological polar surface area (TPSA) is 49.8 Å². The zero-order chi connectivity index (χ0) is 13.7. The van der Waals surface area contributed by atoms with Gasteiger partial charge in [0.15, 0.2) is 0 Å². The number of aliphatic carboxylic acids is 1. The Morgan fingerprint density at radius 2 is 2.21 bits per heavy atom. The number of benzene rings is 1. The molecule has 1 heterocycles. The van der Waals surface area contributed by atoms with Gasteiger partial charge in [0.1, 0.15) is 0 Å². The van der Waals surface area contributed by atoms with Crippen molar-refractivity contribution in [3.63, 3.8) is 0 Å². The normalized spacial score (nSPS) is 19.8. The van der Waals surface area contributed by atoms with E-state index in [9.17, 15) is 4.79 Å². The Morgan fingerprint density at radius 1 is 1.47 bits per heavy atom. The number of carboxylic acid groups (broad SMARTS) is 1.